The van der Waals surface area contributed by atoms with Crippen LogP contribution in [0.2, 0.25) is 0 Å². The standard InChI is InChI=1S/C21H21NO5/c1-23-16-8-6-13(10-17(16)24-2)20-14-7-5-12-9-18(25-3)19(26-4)11-15(12)21(14)27-22-20/h6,8-11H,5,7H2,1-4H3. The molecule has 4 rings (SSSR count). The second-order valence-electron chi connectivity index (χ2n) is 6.27. The molecule has 0 aliphatic heterocycles. The summed E-state index contributed by atoms with van der Waals surface area (Å²) in [7, 11) is 6.51. The molecule has 2 aromatic carbocycles. The van der Waals surface area contributed by atoms with E-state index in [0.29, 0.717) is 17.2 Å². The van der Waals surface area contributed by atoms with Crippen LogP contribution in [-0.4, -0.2) is 33.6 Å². The van der Waals surface area contributed by atoms with Crippen LogP contribution in [0.3, 0.4) is 0 Å². The van der Waals surface area contributed by atoms with E-state index in [1.165, 1.54) is 0 Å². The molecule has 0 saturated carbocycles. The van der Waals surface area contributed by atoms with Crippen LogP contribution >= 0.6 is 0 Å². The summed E-state index contributed by atoms with van der Waals surface area (Å²) in [6.45, 7) is 0. The quantitative estimate of drug-likeness (QED) is 0.675. The minimum absolute atomic E-state index is 0.661. The van der Waals surface area contributed by atoms with Gasteiger partial charge in [0, 0.05) is 16.7 Å². The Kier molecular flexibility index (Phi) is 4.39. The van der Waals surface area contributed by atoms with Crippen molar-refractivity contribution in [2.75, 3.05) is 28.4 Å². The van der Waals surface area contributed by atoms with Gasteiger partial charge in [0.05, 0.1) is 28.4 Å². The van der Waals surface area contributed by atoms with Gasteiger partial charge >= 0.3 is 0 Å². The first-order chi connectivity index (χ1) is 13.2. The maximum absolute atomic E-state index is 5.75. The van der Waals surface area contributed by atoms with Crippen LogP contribution in [0.4, 0.5) is 0 Å². The second-order valence-corrected chi connectivity index (χ2v) is 6.27. The van der Waals surface area contributed by atoms with Crippen molar-refractivity contribution in [3.63, 3.8) is 0 Å². The molecule has 0 bridgehead atoms. The normalized spacial score (nSPS) is 12.1. The molecule has 27 heavy (non-hydrogen) atoms. The van der Waals surface area contributed by atoms with E-state index in [4.69, 9.17) is 23.5 Å². The van der Waals surface area contributed by atoms with Crippen molar-refractivity contribution in [3.05, 3.63) is 41.5 Å². The Morgan fingerprint density at radius 3 is 2.15 bits per heavy atom. The zero-order chi connectivity index (χ0) is 19.0. The van der Waals surface area contributed by atoms with E-state index in [2.05, 4.69) is 5.16 Å². The van der Waals surface area contributed by atoms with Gasteiger partial charge in [0.25, 0.3) is 0 Å². The topological polar surface area (TPSA) is 63.0 Å². The highest BCUT2D eigenvalue weighted by Crippen LogP contribution is 2.44. The summed E-state index contributed by atoms with van der Waals surface area (Å²) in [6.07, 6.45) is 1.72. The summed E-state index contributed by atoms with van der Waals surface area (Å²) < 4.78 is 27.4. The third kappa shape index (κ3) is 2.77. The van der Waals surface area contributed by atoms with Gasteiger partial charge in [0.1, 0.15) is 5.69 Å². The van der Waals surface area contributed by atoms with E-state index in [1.807, 2.05) is 30.3 Å². The van der Waals surface area contributed by atoms with E-state index in [9.17, 15) is 0 Å². The smallest absolute Gasteiger partial charge is 0.171 e. The number of hydrogen-bond donors (Lipinski definition) is 0. The van der Waals surface area contributed by atoms with Gasteiger partial charge in [-0.2, -0.15) is 0 Å². The van der Waals surface area contributed by atoms with Gasteiger partial charge in [-0.05, 0) is 48.7 Å². The number of methoxy groups -OCH3 is 4. The lowest BCUT2D eigenvalue weighted by molar-refractivity contribution is 0.354. The summed E-state index contributed by atoms with van der Waals surface area (Å²) in [5.41, 5.74) is 5.00. The number of ether oxygens (including phenoxy) is 4. The van der Waals surface area contributed by atoms with Crippen LogP contribution in [0, 0.1) is 0 Å². The molecule has 0 spiro atoms. The number of aryl methyl sites for hydroxylation is 1. The van der Waals surface area contributed by atoms with E-state index in [0.717, 1.165) is 52.3 Å². The lowest BCUT2D eigenvalue weighted by Gasteiger charge is -2.18. The van der Waals surface area contributed by atoms with Crippen LogP contribution in [0.1, 0.15) is 11.1 Å². The third-order valence-electron chi connectivity index (χ3n) is 4.94. The molecule has 1 aliphatic rings. The zero-order valence-electron chi connectivity index (χ0n) is 15.8. The predicted octanol–water partition coefficient (Wildman–Crippen LogP) is 4.14. The van der Waals surface area contributed by atoms with E-state index < -0.39 is 0 Å². The van der Waals surface area contributed by atoms with Gasteiger partial charge in [0.15, 0.2) is 28.8 Å². The Balaban J connectivity index is 1.82. The molecule has 0 atom stereocenters. The van der Waals surface area contributed by atoms with Crippen molar-refractivity contribution in [3.8, 4) is 45.6 Å². The minimum atomic E-state index is 0.661. The number of fused-ring (bicyclic) bond motifs is 3. The van der Waals surface area contributed by atoms with E-state index in [1.54, 1.807) is 28.4 Å². The lowest BCUT2D eigenvalue weighted by Crippen LogP contribution is -2.04. The minimum Gasteiger partial charge on any atom is -0.493 e. The Bertz CT molecular complexity index is 979. The van der Waals surface area contributed by atoms with E-state index in [-0.39, 0.29) is 0 Å². The van der Waals surface area contributed by atoms with Gasteiger partial charge in [-0.15, -0.1) is 0 Å². The van der Waals surface area contributed by atoms with E-state index >= 15 is 0 Å². The fourth-order valence-corrected chi connectivity index (χ4v) is 3.56. The van der Waals surface area contributed by atoms with Crippen molar-refractivity contribution in [2.45, 2.75) is 12.8 Å². The molecule has 1 aliphatic carbocycles. The summed E-state index contributed by atoms with van der Waals surface area (Å²) in [5, 5.41) is 4.35. The molecule has 6 heteroatoms. The Morgan fingerprint density at radius 2 is 1.44 bits per heavy atom. The molecule has 0 N–H and O–H groups in total. The highest BCUT2D eigenvalue weighted by atomic mass is 16.5. The number of rotatable bonds is 5. The first kappa shape index (κ1) is 17.3. The largest absolute Gasteiger partial charge is 0.493 e. The van der Waals surface area contributed by atoms with Gasteiger partial charge < -0.3 is 23.5 Å². The molecule has 0 saturated heterocycles. The number of hydrogen-bond acceptors (Lipinski definition) is 6. The van der Waals surface area contributed by atoms with Crippen molar-refractivity contribution in [1.82, 2.24) is 5.16 Å². The summed E-state index contributed by atoms with van der Waals surface area (Å²) >= 11 is 0. The Labute approximate surface area is 157 Å². The molecule has 1 aromatic heterocycles. The molecule has 1 heterocycles. The van der Waals surface area contributed by atoms with Gasteiger partial charge in [-0.25, -0.2) is 0 Å². The first-order valence-electron chi connectivity index (χ1n) is 8.66. The molecule has 3 aromatic rings. The van der Waals surface area contributed by atoms with Gasteiger partial charge in [-0.3, -0.25) is 0 Å². The fraction of sp³-hybridized carbons (Fsp3) is 0.286. The highest BCUT2D eigenvalue weighted by Gasteiger charge is 2.27. The summed E-state index contributed by atoms with van der Waals surface area (Å²) in [4.78, 5) is 0. The molecule has 6 nitrogen and oxygen atoms in total. The summed E-state index contributed by atoms with van der Waals surface area (Å²) in [6, 6.07) is 9.72. The number of nitrogens with zero attached hydrogens (tertiary/aromatic N) is 1. The zero-order valence-corrected chi connectivity index (χ0v) is 15.8. The summed E-state index contributed by atoms with van der Waals surface area (Å²) in [5.74, 6) is 3.52. The van der Waals surface area contributed by atoms with Gasteiger partial charge in [-0.1, -0.05) is 5.16 Å². The molecule has 0 amide bonds. The number of aromatic nitrogens is 1. The molecule has 0 radical (unpaired) electrons. The molecule has 140 valence electrons. The average molecular weight is 367 g/mol. The fourth-order valence-electron chi connectivity index (χ4n) is 3.56. The predicted molar refractivity (Wildman–Crippen MR) is 101 cm³/mol. The van der Waals surface area contributed by atoms with Crippen LogP contribution in [0.15, 0.2) is 34.9 Å². The first-order valence-corrected chi connectivity index (χ1v) is 8.66. The van der Waals surface area contributed by atoms with Crippen molar-refractivity contribution in [2.24, 2.45) is 0 Å². The Hall–Kier alpha value is -3.15. The van der Waals surface area contributed by atoms with Crippen LogP contribution < -0.4 is 18.9 Å². The van der Waals surface area contributed by atoms with Crippen LogP contribution in [0.5, 0.6) is 23.0 Å². The van der Waals surface area contributed by atoms with Crippen molar-refractivity contribution < 1.29 is 23.5 Å². The van der Waals surface area contributed by atoms with Crippen LogP contribution in [0.25, 0.3) is 22.6 Å². The lowest BCUT2D eigenvalue weighted by atomic mass is 9.88. The maximum Gasteiger partial charge on any atom is 0.171 e. The molecular formula is C21H21NO5. The number of benzene rings is 2. The van der Waals surface area contributed by atoms with Crippen LogP contribution in [-0.2, 0) is 12.8 Å². The molecule has 0 fully saturated rings. The maximum atomic E-state index is 5.75. The average Bonchev–Trinajstić information content (AvgIpc) is 3.16. The molecule has 0 unspecified atom stereocenters. The second kappa shape index (κ2) is 6.87. The monoisotopic (exact) mass is 367 g/mol. The molecular weight excluding hydrogens is 346 g/mol. The Morgan fingerprint density at radius 1 is 0.778 bits per heavy atom. The highest BCUT2D eigenvalue weighted by molar-refractivity contribution is 5.78. The van der Waals surface area contributed by atoms with Crippen molar-refractivity contribution >= 4 is 0 Å². The third-order valence-corrected chi connectivity index (χ3v) is 4.94. The van der Waals surface area contributed by atoms with Gasteiger partial charge in [0.2, 0.25) is 0 Å². The van der Waals surface area contributed by atoms with Crippen molar-refractivity contribution in [1.29, 1.82) is 0 Å². The SMILES string of the molecule is COc1ccc(-c2noc3c2CCc2cc(OC)c(OC)cc2-3)cc1OC.